The maximum atomic E-state index is 14.1. The summed E-state index contributed by atoms with van der Waals surface area (Å²) in [5.74, 6) is -2.37. The topological polar surface area (TPSA) is 186 Å². The molecular weight excluding hydrogens is 686 g/mol. The first-order chi connectivity index (χ1) is 26.0. The van der Waals surface area contributed by atoms with E-state index in [1.165, 1.54) is 0 Å². The van der Waals surface area contributed by atoms with Crippen molar-refractivity contribution in [3.05, 3.63) is 71.8 Å². The van der Waals surface area contributed by atoms with E-state index in [0.29, 0.717) is 58.0 Å². The molecule has 2 aliphatic rings. The van der Waals surface area contributed by atoms with E-state index in [0.717, 1.165) is 37.1 Å². The molecule has 2 heterocycles. The molecule has 0 aromatic heterocycles. The molecule has 54 heavy (non-hydrogen) atoms. The molecule has 1 unspecified atom stereocenters. The van der Waals surface area contributed by atoms with Gasteiger partial charge < -0.3 is 37.0 Å². The van der Waals surface area contributed by atoms with Gasteiger partial charge in [-0.15, -0.1) is 0 Å². The normalized spacial score (nSPS) is 18.8. The number of likely N-dealkylation sites (tertiary alicyclic amines) is 2. The molecule has 2 fully saturated rings. The lowest BCUT2D eigenvalue weighted by Gasteiger charge is -2.39. The van der Waals surface area contributed by atoms with Crippen molar-refractivity contribution >= 4 is 29.6 Å². The highest BCUT2D eigenvalue weighted by Gasteiger charge is 2.39. The molecule has 4 amide bonds. The van der Waals surface area contributed by atoms with Crippen molar-refractivity contribution in [3.8, 4) is 0 Å². The smallest absolute Gasteiger partial charge is 0.320 e. The lowest BCUT2D eigenvalue weighted by molar-refractivity contribution is -0.144. The predicted octanol–water partition coefficient (Wildman–Crippen LogP) is 2.23. The van der Waals surface area contributed by atoms with E-state index in [2.05, 4.69) is 26.2 Å². The number of carboxylic acids is 1. The highest BCUT2D eigenvalue weighted by molar-refractivity contribution is 5.95. The highest BCUT2D eigenvalue weighted by Crippen LogP contribution is 2.27. The van der Waals surface area contributed by atoms with Gasteiger partial charge in [-0.25, -0.2) is 0 Å². The average molecular weight is 748 g/mol. The molecule has 296 valence electrons. The summed E-state index contributed by atoms with van der Waals surface area (Å²) in [6, 6.07) is 14.8. The fourth-order valence-electron chi connectivity index (χ4n) is 7.58. The number of nitrogens with two attached hydrogens (primary N) is 1. The largest absolute Gasteiger partial charge is 0.480 e. The molecule has 13 nitrogen and oxygen atoms in total. The van der Waals surface area contributed by atoms with Gasteiger partial charge in [-0.05, 0) is 95.0 Å². The predicted molar refractivity (Wildman–Crippen MR) is 208 cm³/mol. The number of piperidine rings is 1. The second kappa shape index (κ2) is 21.5. The van der Waals surface area contributed by atoms with Crippen molar-refractivity contribution in [3.63, 3.8) is 0 Å². The minimum absolute atomic E-state index is 0.0338. The van der Waals surface area contributed by atoms with E-state index >= 15 is 0 Å². The van der Waals surface area contributed by atoms with Gasteiger partial charge in [-0.2, -0.15) is 0 Å². The fourth-order valence-corrected chi connectivity index (χ4v) is 7.58. The van der Waals surface area contributed by atoms with Crippen molar-refractivity contribution in [2.45, 2.75) is 114 Å². The third kappa shape index (κ3) is 12.9. The van der Waals surface area contributed by atoms with Crippen LogP contribution < -0.4 is 27.0 Å². The van der Waals surface area contributed by atoms with Crippen LogP contribution in [-0.2, 0) is 36.8 Å². The van der Waals surface area contributed by atoms with Gasteiger partial charge in [0.05, 0.1) is 6.04 Å². The molecule has 0 bridgehead atoms. The number of hydrogen-bond acceptors (Lipinski definition) is 8. The maximum Gasteiger partial charge on any atom is 0.320 e. The fraction of sp³-hybridized carbons (Fsp3) is 0.585. The number of benzene rings is 2. The van der Waals surface area contributed by atoms with Crippen LogP contribution in [0.3, 0.4) is 0 Å². The average Bonchev–Trinajstić information content (AvgIpc) is 3.67. The Balaban J connectivity index is 1.45. The first kappa shape index (κ1) is 42.4. The van der Waals surface area contributed by atoms with E-state index < -0.39 is 53.9 Å². The van der Waals surface area contributed by atoms with Crippen LogP contribution in [0, 0.1) is 5.92 Å². The molecule has 0 radical (unpaired) electrons. The van der Waals surface area contributed by atoms with Crippen LogP contribution in [-0.4, -0.2) is 114 Å². The first-order valence-electron chi connectivity index (χ1n) is 19.6. The van der Waals surface area contributed by atoms with Crippen LogP contribution in [0.1, 0.15) is 76.3 Å². The van der Waals surface area contributed by atoms with Crippen LogP contribution in [0.25, 0.3) is 0 Å². The summed E-state index contributed by atoms with van der Waals surface area (Å²) >= 11 is 0. The Morgan fingerprint density at radius 3 is 1.93 bits per heavy atom. The second-order valence-corrected chi connectivity index (χ2v) is 15.2. The molecular formula is C41H61N7O6. The number of rotatable bonds is 20. The van der Waals surface area contributed by atoms with Gasteiger partial charge in [0.15, 0.2) is 0 Å². The zero-order chi connectivity index (χ0) is 39.0. The molecule has 2 aromatic rings. The summed E-state index contributed by atoms with van der Waals surface area (Å²) in [6.07, 6.45) is 5.62. The number of hydrogen-bond donors (Lipinski definition) is 6. The Morgan fingerprint density at radius 2 is 1.33 bits per heavy atom. The highest BCUT2D eigenvalue weighted by atomic mass is 16.4. The number of amides is 4. The molecule has 7 N–H and O–H groups in total. The number of carbonyl (C=O) groups is 5. The summed E-state index contributed by atoms with van der Waals surface area (Å²) in [7, 11) is 1.87. The molecule has 13 heteroatoms. The maximum absolute atomic E-state index is 14.1. The Kier molecular flexibility index (Phi) is 16.9. The standard InChI is InChI=1S/C41H61N7O6/c1-28(2)25-34(46-39(51)35(27-30-15-8-5-9-16-30)45-37(49)32(42)26-29-13-6-4-7-14-29)38(50)44-33(17-10-11-21-43-3)40(52)47-23-19-31(20-24-47)48-22-12-18-36(48)41(53)54/h4-9,13-16,28,31-36,43H,10-12,17-27,42H2,1-3H3,(H,44,50)(H,45,49)(H,46,51)(H,53,54)/t32-,33-,34-,35-,36?/m1/s1. The molecule has 0 aliphatic carbocycles. The number of carboxylic acid groups (broad SMARTS) is 1. The molecule has 0 saturated carbocycles. The van der Waals surface area contributed by atoms with Crippen LogP contribution in [0.2, 0.25) is 0 Å². The van der Waals surface area contributed by atoms with Crippen LogP contribution >= 0.6 is 0 Å². The van der Waals surface area contributed by atoms with Gasteiger partial charge >= 0.3 is 5.97 Å². The van der Waals surface area contributed by atoms with E-state index in [-0.39, 0.29) is 24.3 Å². The minimum Gasteiger partial charge on any atom is -0.480 e. The third-order valence-electron chi connectivity index (χ3n) is 10.5. The quantitative estimate of drug-likeness (QED) is 0.111. The SMILES string of the molecule is CNCCCC[C@@H](NC(=O)[C@@H](CC(C)C)NC(=O)[C@@H](Cc1ccccc1)NC(=O)[C@H](N)Cc1ccccc1)C(=O)N1CCC(N2CCCC2C(=O)O)CC1. The van der Waals surface area contributed by atoms with Gasteiger partial charge in [0.1, 0.15) is 24.2 Å². The zero-order valence-corrected chi connectivity index (χ0v) is 32.2. The van der Waals surface area contributed by atoms with E-state index in [9.17, 15) is 29.1 Å². The minimum atomic E-state index is -0.999. The number of carbonyl (C=O) groups excluding carboxylic acids is 4. The molecule has 2 saturated heterocycles. The van der Waals surface area contributed by atoms with E-state index in [1.807, 2.05) is 81.6 Å². The lowest BCUT2D eigenvalue weighted by atomic mass is 9.98. The zero-order valence-electron chi connectivity index (χ0n) is 32.2. The number of nitrogens with one attached hydrogen (secondary N) is 4. The van der Waals surface area contributed by atoms with Gasteiger partial charge in [0, 0.05) is 25.6 Å². The van der Waals surface area contributed by atoms with Gasteiger partial charge in [-0.1, -0.05) is 74.5 Å². The van der Waals surface area contributed by atoms with Crippen molar-refractivity contribution in [1.82, 2.24) is 31.1 Å². The van der Waals surface area contributed by atoms with E-state index in [4.69, 9.17) is 5.73 Å². The summed E-state index contributed by atoms with van der Waals surface area (Å²) in [5.41, 5.74) is 8.02. The Labute approximate surface area is 320 Å². The number of unbranched alkanes of at least 4 members (excludes halogenated alkanes) is 1. The molecule has 2 aliphatic heterocycles. The summed E-state index contributed by atoms with van der Waals surface area (Å²) in [4.78, 5) is 71.1. The summed E-state index contributed by atoms with van der Waals surface area (Å²) in [6.45, 7) is 6.40. The Morgan fingerprint density at radius 1 is 0.759 bits per heavy atom. The number of nitrogens with zero attached hydrogens (tertiary/aromatic N) is 2. The van der Waals surface area contributed by atoms with Gasteiger partial charge in [0.2, 0.25) is 23.6 Å². The Bertz CT molecular complexity index is 1500. The van der Waals surface area contributed by atoms with Crippen molar-refractivity contribution in [2.75, 3.05) is 33.2 Å². The summed E-state index contributed by atoms with van der Waals surface area (Å²) in [5, 5.41) is 21.6. The summed E-state index contributed by atoms with van der Waals surface area (Å²) < 4.78 is 0. The monoisotopic (exact) mass is 747 g/mol. The number of aliphatic carboxylic acids is 1. The van der Waals surface area contributed by atoms with Crippen LogP contribution in [0.4, 0.5) is 0 Å². The molecule has 0 spiro atoms. The Hall–Kier alpha value is -4.33. The van der Waals surface area contributed by atoms with Crippen molar-refractivity contribution < 1.29 is 29.1 Å². The van der Waals surface area contributed by atoms with Crippen LogP contribution in [0.5, 0.6) is 0 Å². The molecule has 5 atom stereocenters. The third-order valence-corrected chi connectivity index (χ3v) is 10.5. The van der Waals surface area contributed by atoms with Gasteiger partial charge in [-0.3, -0.25) is 28.9 Å². The molecule has 4 rings (SSSR count). The first-order valence-corrected chi connectivity index (χ1v) is 19.6. The van der Waals surface area contributed by atoms with Gasteiger partial charge in [0.25, 0.3) is 0 Å². The van der Waals surface area contributed by atoms with Crippen molar-refractivity contribution in [1.29, 1.82) is 0 Å². The van der Waals surface area contributed by atoms with Crippen molar-refractivity contribution in [2.24, 2.45) is 11.7 Å². The molecule has 2 aromatic carbocycles. The van der Waals surface area contributed by atoms with Crippen LogP contribution in [0.15, 0.2) is 60.7 Å². The van der Waals surface area contributed by atoms with E-state index in [1.54, 1.807) is 4.90 Å². The second-order valence-electron chi connectivity index (χ2n) is 15.2. The lowest BCUT2D eigenvalue weighted by Crippen LogP contribution is -2.59.